The van der Waals surface area contributed by atoms with Crippen LogP contribution in [0.3, 0.4) is 0 Å². The van der Waals surface area contributed by atoms with Gasteiger partial charge in [0.25, 0.3) is 0 Å². The molecule has 0 saturated heterocycles. The van der Waals surface area contributed by atoms with Gasteiger partial charge in [-0.05, 0) is 11.4 Å². The van der Waals surface area contributed by atoms with E-state index in [9.17, 15) is 8.77 Å². The molecule has 0 fully saturated rings. The quantitative estimate of drug-likeness (QED) is 0.444. The zero-order valence-electron chi connectivity index (χ0n) is 4.84. The Morgan fingerprint density at radius 2 is 2.00 bits per heavy atom. The van der Waals surface area contributed by atoms with Crippen molar-refractivity contribution in [3.63, 3.8) is 0 Å². The Kier molecular flexibility index (Phi) is 4.75. The molecule has 0 rings (SSSR count). The largest absolute Gasteiger partial charge is 0.384 e. The lowest BCUT2D eigenvalue weighted by molar-refractivity contribution is 0.397. The zero-order valence-corrected chi connectivity index (χ0v) is 7.36. The number of hydrogen-bond donors (Lipinski definition) is 3. The summed E-state index contributed by atoms with van der Waals surface area (Å²) in [4.78, 5) is 16.4. The van der Waals surface area contributed by atoms with E-state index in [-0.39, 0.29) is 11.5 Å². The standard InChI is InChI=1S/C2H7O5PS2/c3-8(4,5)9-1-2-10(6)7/h1-2H2,(H,6,7)(H2,3,4,5). The van der Waals surface area contributed by atoms with Gasteiger partial charge in [-0.2, -0.15) is 0 Å². The highest BCUT2D eigenvalue weighted by Gasteiger charge is 2.13. The molecule has 5 nitrogen and oxygen atoms in total. The van der Waals surface area contributed by atoms with Crippen LogP contribution in [0.1, 0.15) is 0 Å². The van der Waals surface area contributed by atoms with Gasteiger partial charge in [-0.1, -0.05) is 0 Å². The third kappa shape index (κ3) is 8.61. The first kappa shape index (κ1) is 10.6. The molecular weight excluding hydrogens is 199 g/mol. The fraction of sp³-hybridized carbons (Fsp3) is 1.00. The summed E-state index contributed by atoms with van der Waals surface area (Å²) >= 11 is -1.59. The Bertz CT molecular complexity index is 163. The van der Waals surface area contributed by atoms with E-state index in [0.29, 0.717) is 11.4 Å². The monoisotopic (exact) mass is 206 g/mol. The van der Waals surface area contributed by atoms with E-state index in [1.807, 2.05) is 0 Å². The van der Waals surface area contributed by atoms with Crippen molar-refractivity contribution in [2.45, 2.75) is 0 Å². The van der Waals surface area contributed by atoms with Crippen molar-refractivity contribution in [1.82, 2.24) is 0 Å². The second kappa shape index (κ2) is 4.48. The third-order valence-corrected chi connectivity index (χ3v) is 3.61. The average Bonchev–Trinajstić information content (AvgIpc) is 1.59. The van der Waals surface area contributed by atoms with E-state index in [0.717, 1.165) is 0 Å². The van der Waals surface area contributed by atoms with Gasteiger partial charge in [0.05, 0.1) is 5.75 Å². The van der Waals surface area contributed by atoms with Crippen LogP contribution in [0.2, 0.25) is 0 Å². The minimum absolute atomic E-state index is 0.00656. The van der Waals surface area contributed by atoms with E-state index >= 15 is 0 Å². The lowest BCUT2D eigenvalue weighted by Crippen LogP contribution is -1.96. The fourth-order valence-electron chi connectivity index (χ4n) is 0.227. The van der Waals surface area contributed by atoms with Crippen LogP contribution in [-0.2, 0) is 15.6 Å². The van der Waals surface area contributed by atoms with Crippen molar-refractivity contribution >= 4 is 29.3 Å². The van der Waals surface area contributed by atoms with Crippen molar-refractivity contribution in [2.24, 2.45) is 0 Å². The molecule has 0 aliphatic carbocycles. The molecule has 0 aliphatic heterocycles. The van der Waals surface area contributed by atoms with Crippen molar-refractivity contribution in [3.05, 3.63) is 0 Å². The van der Waals surface area contributed by atoms with E-state index in [1.165, 1.54) is 0 Å². The van der Waals surface area contributed by atoms with Crippen LogP contribution in [-0.4, -0.2) is 30.1 Å². The van der Waals surface area contributed by atoms with Crippen LogP contribution in [0.5, 0.6) is 0 Å². The van der Waals surface area contributed by atoms with Gasteiger partial charge in [-0.25, -0.2) is 8.77 Å². The molecule has 0 bridgehead atoms. The highest BCUT2D eigenvalue weighted by molar-refractivity contribution is 8.54. The van der Waals surface area contributed by atoms with Crippen LogP contribution in [0.25, 0.3) is 0 Å². The lowest BCUT2D eigenvalue weighted by atomic mass is 11.0. The third-order valence-electron chi connectivity index (χ3n) is 0.517. The second-order valence-electron chi connectivity index (χ2n) is 1.35. The molecular formula is C2H7O5PS2. The Balaban J connectivity index is 3.39. The molecule has 0 aromatic rings. The van der Waals surface area contributed by atoms with E-state index in [4.69, 9.17) is 14.3 Å². The molecule has 8 heteroatoms. The molecule has 0 amide bonds. The van der Waals surface area contributed by atoms with Gasteiger partial charge in [0.15, 0.2) is 11.1 Å². The molecule has 0 heterocycles. The molecule has 0 aliphatic rings. The van der Waals surface area contributed by atoms with Gasteiger partial charge in [-0.3, -0.25) is 0 Å². The summed E-state index contributed by atoms with van der Waals surface area (Å²) in [6.07, 6.45) is 0. The molecule has 62 valence electrons. The first-order chi connectivity index (χ1) is 4.42. The Morgan fingerprint density at radius 1 is 1.50 bits per heavy atom. The number of hydrogen-bond acceptors (Lipinski definition) is 3. The van der Waals surface area contributed by atoms with Crippen LogP contribution in [0.4, 0.5) is 0 Å². The fourth-order valence-corrected chi connectivity index (χ4v) is 2.72. The predicted octanol–water partition coefficient (Wildman–Crippen LogP) is 0.0340. The summed E-state index contributed by atoms with van der Waals surface area (Å²) in [5.74, 6) is -0.122. The number of rotatable bonds is 4. The van der Waals surface area contributed by atoms with Crippen molar-refractivity contribution in [2.75, 3.05) is 11.5 Å². The molecule has 10 heavy (non-hydrogen) atoms. The SMILES string of the molecule is O=S(O)CCSP(=O)(O)O. The van der Waals surface area contributed by atoms with E-state index < -0.39 is 17.9 Å². The smallest absolute Gasteiger partial charge is 0.317 e. The van der Waals surface area contributed by atoms with E-state index in [1.54, 1.807) is 0 Å². The van der Waals surface area contributed by atoms with Gasteiger partial charge in [0.2, 0.25) is 0 Å². The molecule has 1 atom stereocenters. The van der Waals surface area contributed by atoms with Crippen molar-refractivity contribution in [1.29, 1.82) is 0 Å². The van der Waals surface area contributed by atoms with Gasteiger partial charge in [0, 0.05) is 5.75 Å². The minimum atomic E-state index is -4.05. The molecule has 0 aromatic heterocycles. The molecule has 0 radical (unpaired) electrons. The predicted molar refractivity (Wildman–Crippen MR) is 40.1 cm³/mol. The maximum Gasteiger partial charge on any atom is 0.384 e. The van der Waals surface area contributed by atoms with Crippen molar-refractivity contribution in [3.8, 4) is 0 Å². The highest BCUT2D eigenvalue weighted by atomic mass is 32.7. The average molecular weight is 206 g/mol. The maximum atomic E-state index is 10.1. The summed E-state index contributed by atoms with van der Waals surface area (Å²) in [5, 5.41) is 0. The first-order valence-electron chi connectivity index (χ1n) is 2.19. The molecule has 1 unspecified atom stereocenters. The van der Waals surface area contributed by atoms with Gasteiger partial charge < -0.3 is 14.3 Å². The lowest BCUT2D eigenvalue weighted by Gasteiger charge is -1.99. The van der Waals surface area contributed by atoms with Gasteiger partial charge in [0.1, 0.15) is 0 Å². The second-order valence-corrected chi connectivity index (χ2v) is 6.25. The van der Waals surface area contributed by atoms with Crippen LogP contribution < -0.4 is 0 Å². The Morgan fingerprint density at radius 3 is 2.30 bits per heavy atom. The van der Waals surface area contributed by atoms with Crippen molar-refractivity contribution < 1.29 is 23.1 Å². The summed E-state index contributed by atoms with van der Waals surface area (Å²) in [7, 11) is 0. The summed E-state index contributed by atoms with van der Waals surface area (Å²) in [5.41, 5.74) is 0. The highest BCUT2D eigenvalue weighted by Crippen LogP contribution is 2.49. The van der Waals surface area contributed by atoms with Gasteiger partial charge in [-0.15, -0.1) is 0 Å². The Labute approximate surface area is 64.4 Å². The summed E-state index contributed by atoms with van der Waals surface area (Å²) in [6.45, 7) is -4.05. The summed E-state index contributed by atoms with van der Waals surface area (Å²) in [6, 6.07) is 0. The van der Waals surface area contributed by atoms with E-state index in [2.05, 4.69) is 0 Å². The molecule has 3 N–H and O–H groups in total. The Hall–Kier alpha value is 0.610. The van der Waals surface area contributed by atoms with Gasteiger partial charge >= 0.3 is 6.80 Å². The topological polar surface area (TPSA) is 94.8 Å². The minimum Gasteiger partial charge on any atom is -0.317 e. The molecule has 0 aromatic carbocycles. The van der Waals surface area contributed by atoms with Crippen LogP contribution in [0.15, 0.2) is 0 Å². The van der Waals surface area contributed by atoms with Crippen LogP contribution >= 0.6 is 18.2 Å². The molecule has 0 saturated carbocycles. The first-order valence-corrected chi connectivity index (χ1v) is 6.67. The molecule has 0 spiro atoms. The normalized spacial score (nSPS) is 15.1. The maximum absolute atomic E-state index is 10.1. The summed E-state index contributed by atoms with van der Waals surface area (Å²) < 4.78 is 28.2. The van der Waals surface area contributed by atoms with Crippen LogP contribution in [0, 0.1) is 0 Å². The zero-order chi connectivity index (χ0) is 8.20.